The van der Waals surface area contributed by atoms with Gasteiger partial charge in [0.05, 0.1) is 12.2 Å². The molecule has 0 bridgehead atoms. The first-order chi connectivity index (χ1) is 16.1. The Morgan fingerprint density at radius 3 is 1.97 bits per heavy atom. The zero-order chi connectivity index (χ0) is 28.5. The van der Waals surface area contributed by atoms with Crippen molar-refractivity contribution in [2.24, 2.45) is 5.92 Å². The van der Waals surface area contributed by atoms with E-state index in [1.807, 2.05) is 0 Å². The van der Waals surface area contributed by atoms with Gasteiger partial charge in [-0.3, -0.25) is 0 Å². The minimum absolute atomic E-state index is 0.0253. The average Bonchev–Trinajstić information content (AvgIpc) is 2.67. The summed E-state index contributed by atoms with van der Waals surface area (Å²) >= 11 is 0. The van der Waals surface area contributed by atoms with E-state index in [2.05, 4.69) is 6.58 Å². The number of esters is 2. The van der Waals surface area contributed by atoms with Crippen LogP contribution in [0.4, 0.5) is 26.3 Å². The molecular formula is C23H34F6O7. The number of aliphatic hydroxyl groups is 1. The maximum Gasteiger partial charge on any atom is 0.426 e. The van der Waals surface area contributed by atoms with Crippen LogP contribution in [0.2, 0.25) is 0 Å². The number of hydrogen-bond donors (Lipinski definition) is 1. The van der Waals surface area contributed by atoms with Crippen molar-refractivity contribution in [1.82, 2.24) is 0 Å². The van der Waals surface area contributed by atoms with Crippen LogP contribution in [0, 0.1) is 5.92 Å². The van der Waals surface area contributed by atoms with Crippen molar-refractivity contribution in [3.05, 3.63) is 23.8 Å². The van der Waals surface area contributed by atoms with Crippen molar-refractivity contribution in [3.8, 4) is 0 Å². The first kappa shape index (κ1) is 33.9. The van der Waals surface area contributed by atoms with Crippen molar-refractivity contribution in [2.75, 3.05) is 20.5 Å². The molecule has 36 heavy (non-hydrogen) atoms. The van der Waals surface area contributed by atoms with Crippen molar-refractivity contribution in [3.63, 3.8) is 0 Å². The van der Waals surface area contributed by atoms with E-state index in [0.29, 0.717) is 0 Å². The SMILES string of the molecule is C=C(C)C(=O)OC(CC(C)C/C=C(\COCOC)C(=O)OC(C)(C)C)CC(O)(C(F)(F)F)C(F)(F)F. The molecule has 2 atom stereocenters. The molecule has 0 saturated carbocycles. The highest BCUT2D eigenvalue weighted by Gasteiger charge is 2.70. The Kier molecular flexibility index (Phi) is 12.6. The number of methoxy groups -OCH3 is 1. The molecule has 0 aromatic heterocycles. The Balaban J connectivity index is 5.84. The molecule has 0 aromatic rings. The number of ether oxygens (including phenoxy) is 4. The molecule has 0 heterocycles. The van der Waals surface area contributed by atoms with Gasteiger partial charge in [-0.15, -0.1) is 0 Å². The molecule has 13 heteroatoms. The van der Waals surface area contributed by atoms with Crippen molar-refractivity contribution < 1.29 is 60.0 Å². The summed E-state index contributed by atoms with van der Waals surface area (Å²) in [6, 6.07) is 0. The number of carbonyl (C=O) groups excluding carboxylic acids is 2. The summed E-state index contributed by atoms with van der Waals surface area (Å²) in [5.41, 5.74) is -6.15. The predicted octanol–water partition coefficient (Wildman–Crippen LogP) is 5.03. The van der Waals surface area contributed by atoms with E-state index in [1.165, 1.54) is 27.0 Å². The monoisotopic (exact) mass is 536 g/mol. The van der Waals surface area contributed by atoms with Crippen LogP contribution in [0.15, 0.2) is 23.8 Å². The number of allylic oxidation sites excluding steroid dienone is 1. The van der Waals surface area contributed by atoms with E-state index in [9.17, 15) is 41.0 Å². The average molecular weight is 537 g/mol. The quantitative estimate of drug-likeness (QED) is 0.116. The van der Waals surface area contributed by atoms with Crippen LogP contribution < -0.4 is 0 Å². The first-order valence-electron chi connectivity index (χ1n) is 10.9. The number of hydrogen-bond acceptors (Lipinski definition) is 7. The largest absolute Gasteiger partial charge is 0.459 e. The highest BCUT2D eigenvalue weighted by molar-refractivity contribution is 5.89. The standard InChI is InChI=1S/C23H34F6O7/c1-14(2)18(30)35-17(11-21(32,22(24,25)26)23(27,28)29)10-15(3)8-9-16(12-34-13-33-7)19(31)36-20(4,5)6/h9,15,17,32H,1,8,10-13H2,2-7H3/b16-9+. The summed E-state index contributed by atoms with van der Waals surface area (Å²) in [5, 5.41) is 9.57. The molecule has 0 amide bonds. The summed E-state index contributed by atoms with van der Waals surface area (Å²) in [6.07, 6.45) is -15.3. The second-order valence-electron chi connectivity index (χ2n) is 9.43. The lowest BCUT2D eigenvalue weighted by molar-refractivity contribution is -0.374. The number of carbonyl (C=O) groups is 2. The van der Waals surface area contributed by atoms with E-state index < -0.39 is 60.4 Å². The molecule has 7 nitrogen and oxygen atoms in total. The van der Waals surface area contributed by atoms with Gasteiger partial charge in [-0.2, -0.15) is 26.3 Å². The second-order valence-corrected chi connectivity index (χ2v) is 9.43. The molecule has 0 aromatic carbocycles. The molecule has 0 saturated heterocycles. The molecule has 0 aliphatic rings. The molecule has 2 unspecified atom stereocenters. The molecule has 0 aliphatic carbocycles. The Morgan fingerprint density at radius 1 is 1.03 bits per heavy atom. The number of alkyl halides is 6. The normalized spacial score (nSPS) is 15.3. The lowest BCUT2D eigenvalue weighted by atomic mass is 9.89. The van der Waals surface area contributed by atoms with Crippen LogP contribution in [0.25, 0.3) is 0 Å². The van der Waals surface area contributed by atoms with Gasteiger partial charge in [-0.25, -0.2) is 9.59 Å². The summed E-state index contributed by atoms with van der Waals surface area (Å²) < 4.78 is 99.2. The Labute approximate surface area is 206 Å². The van der Waals surface area contributed by atoms with Gasteiger partial charge in [0.1, 0.15) is 18.5 Å². The summed E-state index contributed by atoms with van der Waals surface area (Å²) in [4.78, 5) is 24.3. The Hall–Kier alpha value is -2.12. The van der Waals surface area contributed by atoms with Gasteiger partial charge >= 0.3 is 24.3 Å². The Bertz CT molecular complexity index is 767. The molecule has 0 radical (unpaired) electrons. The summed E-state index contributed by atoms with van der Waals surface area (Å²) in [5.74, 6) is -2.64. The zero-order valence-electron chi connectivity index (χ0n) is 21.1. The van der Waals surface area contributed by atoms with Crippen molar-refractivity contribution >= 4 is 11.9 Å². The van der Waals surface area contributed by atoms with Gasteiger partial charge in [0.25, 0.3) is 5.60 Å². The van der Waals surface area contributed by atoms with Gasteiger partial charge in [0.15, 0.2) is 0 Å². The first-order valence-corrected chi connectivity index (χ1v) is 10.9. The van der Waals surface area contributed by atoms with Crippen molar-refractivity contribution in [2.45, 2.75) is 83.5 Å². The molecule has 0 aliphatic heterocycles. The minimum Gasteiger partial charge on any atom is -0.459 e. The highest BCUT2D eigenvalue weighted by Crippen LogP contribution is 2.46. The number of halogens is 6. The van der Waals surface area contributed by atoms with Gasteiger partial charge < -0.3 is 24.1 Å². The van der Waals surface area contributed by atoms with Gasteiger partial charge in [-0.05, 0) is 46.5 Å². The lowest BCUT2D eigenvalue weighted by Gasteiger charge is -2.35. The summed E-state index contributed by atoms with van der Waals surface area (Å²) in [7, 11) is 1.36. The fourth-order valence-electron chi connectivity index (χ4n) is 2.81. The molecular weight excluding hydrogens is 502 g/mol. The molecule has 0 spiro atoms. The fraction of sp³-hybridized carbons (Fsp3) is 0.739. The van der Waals surface area contributed by atoms with E-state index in [0.717, 1.165) is 0 Å². The second kappa shape index (κ2) is 13.4. The lowest BCUT2D eigenvalue weighted by Crippen LogP contribution is -2.58. The number of rotatable bonds is 13. The smallest absolute Gasteiger partial charge is 0.426 e. The van der Waals surface area contributed by atoms with Crippen LogP contribution in [-0.4, -0.2) is 67.2 Å². The van der Waals surface area contributed by atoms with E-state index >= 15 is 0 Å². The van der Waals surface area contributed by atoms with E-state index in [4.69, 9.17) is 18.9 Å². The van der Waals surface area contributed by atoms with E-state index in [-0.39, 0.29) is 31.0 Å². The predicted molar refractivity (Wildman–Crippen MR) is 117 cm³/mol. The molecule has 210 valence electrons. The molecule has 1 N–H and O–H groups in total. The van der Waals surface area contributed by atoms with Crippen LogP contribution in [0.5, 0.6) is 0 Å². The third-order valence-corrected chi connectivity index (χ3v) is 4.63. The van der Waals surface area contributed by atoms with Gasteiger partial charge in [0.2, 0.25) is 0 Å². The van der Waals surface area contributed by atoms with Gasteiger partial charge in [0, 0.05) is 19.1 Å². The van der Waals surface area contributed by atoms with Gasteiger partial charge in [-0.1, -0.05) is 19.6 Å². The highest BCUT2D eigenvalue weighted by atomic mass is 19.4. The van der Waals surface area contributed by atoms with Crippen LogP contribution in [0.1, 0.15) is 53.9 Å². The zero-order valence-corrected chi connectivity index (χ0v) is 21.1. The maximum absolute atomic E-state index is 13.2. The van der Waals surface area contributed by atoms with Crippen molar-refractivity contribution in [1.29, 1.82) is 0 Å². The maximum atomic E-state index is 13.2. The van der Waals surface area contributed by atoms with Crippen LogP contribution in [0.3, 0.4) is 0 Å². The molecule has 0 rings (SSSR count). The third kappa shape index (κ3) is 11.3. The minimum atomic E-state index is -6.08. The van der Waals surface area contributed by atoms with Crippen LogP contribution in [-0.2, 0) is 28.5 Å². The Morgan fingerprint density at radius 2 is 1.56 bits per heavy atom. The van der Waals surface area contributed by atoms with Crippen LogP contribution >= 0.6 is 0 Å². The fourth-order valence-corrected chi connectivity index (χ4v) is 2.81. The molecule has 0 fully saturated rings. The summed E-state index contributed by atoms with van der Waals surface area (Å²) in [6.45, 7) is 10.4. The van der Waals surface area contributed by atoms with E-state index in [1.54, 1.807) is 20.8 Å². The topological polar surface area (TPSA) is 91.3 Å². The third-order valence-electron chi connectivity index (χ3n) is 4.63.